The Bertz CT molecular complexity index is 591. The van der Waals surface area contributed by atoms with Crippen molar-refractivity contribution in [3.8, 4) is 0 Å². The molecule has 0 aromatic carbocycles. The average molecular weight is 290 g/mol. The number of fused-ring (bicyclic) bond motifs is 1. The van der Waals surface area contributed by atoms with Gasteiger partial charge in [0.15, 0.2) is 5.65 Å². The summed E-state index contributed by atoms with van der Waals surface area (Å²) in [6.45, 7) is 12.1. The molecular weight excluding hydrogens is 264 g/mol. The highest BCUT2D eigenvalue weighted by Gasteiger charge is 2.12. The standard InChI is InChI=1S/C16H26N4O/c1-11(2)21-8-6-7-17-13(4)15-10-18-16-9-12(3)19-20(16)14(15)5/h9-11,13,17H,6-8H2,1-5H3. The minimum atomic E-state index is 0.255. The molecule has 5 heteroatoms. The molecule has 21 heavy (non-hydrogen) atoms. The highest BCUT2D eigenvalue weighted by atomic mass is 16.5. The third kappa shape index (κ3) is 4.02. The largest absolute Gasteiger partial charge is 0.379 e. The molecule has 2 rings (SSSR count). The Labute approximate surface area is 126 Å². The van der Waals surface area contributed by atoms with Gasteiger partial charge in [0.05, 0.1) is 11.8 Å². The summed E-state index contributed by atoms with van der Waals surface area (Å²) >= 11 is 0. The highest BCUT2D eigenvalue weighted by molar-refractivity contribution is 5.42. The molecule has 0 aliphatic heterocycles. The Morgan fingerprint density at radius 1 is 1.29 bits per heavy atom. The summed E-state index contributed by atoms with van der Waals surface area (Å²) in [5.41, 5.74) is 4.24. The van der Waals surface area contributed by atoms with Gasteiger partial charge in [0.1, 0.15) is 0 Å². The Hall–Kier alpha value is -1.46. The van der Waals surface area contributed by atoms with Gasteiger partial charge in [-0.2, -0.15) is 5.10 Å². The zero-order valence-electron chi connectivity index (χ0n) is 13.7. The SMILES string of the molecule is Cc1cc2ncc(C(C)NCCCOC(C)C)c(C)n2n1. The smallest absolute Gasteiger partial charge is 0.155 e. The van der Waals surface area contributed by atoms with Gasteiger partial charge < -0.3 is 10.1 Å². The van der Waals surface area contributed by atoms with Crippen LogP contribution in [0.3, 0.4) is 0 Å². The highest BCUT2D eigenvalue weighted by Crippen LogP contribution is 2.17. The number of rotatable bonds is 7. The molecular formula is C16H26N4O. The number of nitrogens with one attached hydrogen (secondary N) is 1. The van der Waals surface area contributed by atoms with Crippen LogP contribution in [0.4, 0.5) is 0 Å². The van der Waals surface area contributed by atoms with Crippen molar-refractivity contribution in [3.05, 3.63) is 29.2 Å². The van der Waals surface area contributed by atoms with Crippen LogP contribution in [0.2, 0.25) is 0 Å². The second-order valence-electron chi connectivity index (χ2n) is 5.80. The molecule has 5 nitrogen and oxygen atoms in total. The Kier molecular flexibility index (Phi) is 5.31. The zero-order valence-corrected chi connectivity index (χ0v) is 13.7. The quantitative estimate of drug-likeness (QED) is 0.797. The predicted octanol–water partition coefficient (Wildman–Crippen LogP) is 2.81. The summed E-state index contributed by atoms with van der Waals surface area (Å²) in [5.74, 6) is 0. The summed E-state index contributed by atoms with van der Waals surface area (Å²) < 4.78 is 7.47. The molecule has 1 atom stereocenters. The topological polar surface area (TPSA) is 51.5 Å². The minimum absolute atomic E-state index is 0.255. The van der Waals surface area contributed by atoms with Gasteiger partial charge in [0.25, 0.3) is 0 Å². The van der Waals surface area contributed by atoms with E-state index in [1.54, 1.807) is 0 Å². The second-order valence-corrected chi connectivity index (χ2v) is 5.80. The first-order valence-electron chi connectivity index (χ1n) is 7.66. The van der Waals surface area contributed by atoms with E-state index in [1.807, 2.05) is 23.7 Å². The number of ether oxygens (including phenoxy) is 1. The fraction of sp³-hybridized carbons (Fsp3) is 0.625. The van der Waals surface area contributed by atoms with E-state index in [2.05, 4.69) is 43.1 Å². The van der Waals surface area contributed by atoms with Gasteiger partial charge in [0.2, 0.25) is 0 Å². The first-order chi connectivity index (χ1) is 9.99. The number of hydrogen-bond acceptors (Lipinski definition) is 4. The third-order valence-corrected chi connectivity index (χ3v) is 3.57. The van der Waals surface area contributed by atoms with Crippen LogP contribution in [0.1, 0.15) is 50.2 Å². The van der Waals surface area contributed by atoms with Crippen molar-refractivity contribution in [1.29, 1.82) is 0 Å². The molecule has 0 amide bonds. The van der Waals surface area contributed by atoms with E-state index in [0.717, 1.165) is 36.6 Å². The van der Waals surface area contributed by atoms with Crippen LogP contribution in [0.25, 0.3) is 5.65 Å². The van der Waals surface area contributed by atoms with Crippen LogP contribution >= 0.6 is 0 Å². The van der Waals surface area contributed by atoms with Crippen molar-refractivity contribution in [2.75, 3.05) is 13.2 Å². The lowest BCUT2D eigenvalue weighted by Crippen LogP contribution is -2.23. The van der Waals surface area contributed by atoms with E-state index >= 15 is 0 Å². The lowest BCUT2D eigenvalue weighted by molar-refractivity contribution is 0.0768. The van der Waals surface area contributed by atoms with E-state index < -0.39 is 0 Å². The summed E-state index contributed by atoms with van der Waals surface area (Å²) in [6, 6.07) is 2.25. The van der Waals surface area contributed by atoms with Gasteiger partial charge in [-0.3, -0.25) is 0 Å². The summed E-state index contributed by atoms with van der Waals surface area (Å²) in [6.07, 6.45) is 3.27. The van der Waals surface area contributed by atoms with E-state index in [-0.39, 0.29) is 6.04 Å². The molecule has 1 N–H and O–H groups in total. The van der Waals surface area contributed by atoms with E-state index in [0.29, 0.717) is 6.10 Å². The second kappa shape index (κ2) is 7.00. The van der Waals surface area contributed by atoms with Gasteiger partial charge in [0, 0.05) is 36.2 Å². The normalized spacial score (nSPS) is 13.2. The fourth-order valence-corrected chi connectivity index (χ4v) is 2.42. The van der Waals surface area contributed by atoms with Crippen LogP contribution in [0.5, 0.6) is 0 Å². The van der Waals surface area contributed by atoms with E-state index in [9.17, 15) is 0 Å². The average Bonchev–Trinajstić information content (AvgIpc) is 2.79. The van der Waals surface area contributed by atoms with Gasteiger partial charge in [-0.15, -0.1) is 0 Å². The van der Waals surface area contributed by atoms with Gasteiger partial charge >= 0.3 is 0 Å². The van der Waals surface area contributed by atoms with Gasteiger partial charge in [-0.25, -0.2) is 9.50 Å². The number of nitrogens with zero attached hydrogens (tertiary/aromatic N) is 3. The van der Waals surface area contributed by atoms with Crippen molar-refractivity contribution in [2.24, 2.45) is 0 Å². The maximum absolute atomic E-state index is 5.55. The molecule has 0 aliphatic rings. The molecule has 2 heterocycles. The zero-order chi connectivity index (χ0) is 15.4. The molecule has 0 aliphatic carbocycles. The van der Waals surface area contributed by atoms with E-state index in [1.165, 1.54) is 5.56 Å². The van der Waals surface area contributed by atoms with Crippen LogP contribution in [-0.4, -0.2) is 33.9 Å². The number of aromatic nitrogens is 3. The van der Waals surface area contributed by atoms with Gasteiger partial charge in [-0.1, -0.05) is 0 Å². The van der Waals surface area contributed by atoms with Crippen molar-refractivity contribution in [2.45, 2.75) is 53.2 Å². The molecule has 2 aromatic rings. The van der Waals surface area contributed by atoms with E-state index in [4.69, 9.17) is 4.74 Å². The minimum Gasteiger partial charge on any atom is -0.379 e. The molecule has 0 fully saturated rings. The number of hydrogen-bond donors (Lipinski definition) is 1. The monoisotopic (exact) mass is 290 g/mol. The van der Waals surface area contributed by atoms with Crippen molar-refractivity contribution in [1.82, 2.24) is 19.9 Å². The molecule has 116 valence electrons. The maximum Gasteiger partial charge on any atom is 0.155 e. The van der Waals surface area contributed by atoms with Gasteiger partial charge in [-0.05, 0) is 47.6 Å². The van der Waals surface area contributed by atoms with Crippen LogP contribution in [-0.2, 0) is 4.74 Å². The molecule has 0 saturated carbocycles. The molecule has 1 unspecified atom stereocenters. The maximum atomic E-state index is 5.55. The predicted molar refractivity (Wildman–Crippen MR) is 84.6 cm³/mol. The molecule has 0 spiro atoms. The van der Waals surface area contributed by atoms with Crippen LogP contribution in [0, 0.1) is 13.8 Å². The first-order valence-corrected chi connectivity index (χ1v) is 7.66. The number of aryl methyl sites for hydroxylation is 2. The molecule has 0 bridgehead atoms. The summed E-state index contributed by atoms with van der Waals surface area (Å²) in [5, 5.41) is 8.02. The van der Waals surface area contributed by atoms with Crippen LogP contribution in [0.15, 0.2) is 12.3 Å². The Morgan fingerprint density at radius 2 is 2.05 bits per heavy atom. The fourth-order valence-electron chi connectivity index (χ4n) is 2.42. The van der Waals surface area contributed by atoms with Crippen molar-refractivity contribution >= 4 is 5.65 Å². The van der Waals surface area contributed by atoms with Crippen LogP contribution < -0.4 is 5.32 Å². The summed E-state index contributed by atoms with van der Waals surface area (Å²) in [7, 11) is 0. The molecule has 0 saturated heterocycles. The summed E-state index contributed by atoms with van der Waals surface area (Å²) in [4.78, 5) is 4.49. The van der Waals surface area contributed by atoms with Crippen molar-refractivity contribution in [3.63, 3.8) is 0 Å². The first kappa shape index (κ1) is 15.9. The lowest BCUT2D eigenvalue weighted by Gasteiger charge is -2.17. The Balaban J connectivity index is 1.96. The lowest BCUT2D eigenvalue weighted by atomic mass is 10.1. The third-order valence-electron chi connectivity index (χ3n) is 3.57. The van der Waals surface area contributed by atoms with Crippen molar-refractivity contribution < 1.29 is 4.74 Å². The molecule has 2 aromatic heterocycles. The molecule has 0 radical (unpaired) electrons. The Morgan fingerprint density at radius 3 is 2.76 bits per heavy atom.